The number of piperidine rings is 1. The van der Waals surface area contributed by atoms with Gasteiger partial charge < -0.3 is 10.1 Å². The molecule has 1 aliphatic heterocycles. The SMILES string of the molecule is CCOc1ccc2ccccc2c1[C@@H]1CCCCN1. The van der Waals surface area contributed by atoms with Crippen LogP contribution in [0.2, 0.25) is 0 Å². The van der Waals surface area contributed by atoms with Gasteiger partial charge in [-0.05, 0) is 43.1 Å². The van der Waals surface area contributed by atoms with E-state index in [9.17, 15) is 0 Å². The molecule has 0 spiro atoms. The zero-order chi connectivity index (χ0) is 13.1. The number of hydrogen-bond donors (Lipinski definition) is 1. The highest BCUT2D eigenvalue weighted by Crippen LogP contribution is 2.36. The Bertz CT molecular complexity index is 558. The molecule has 1 aliphatic rings. The Morgan fingerprint density at radius 2 is 2.05 bits per heavy atom. The second-order valence-electron chi connectivity index (χ2n) is 5.13. The Morgan fingerprint density at radius 3 is 2.84 bits per heavy atom. The van der Waals surface area contributed by atoms with Gasteiger partial charge in [-0.25, -0.2) is 0 Å². The summed E-state index contributed by atoms with van der Waals surface area (Å²) in [6.07, 6.45) is 3.78. The van der Waals surface area contributed by atoms with Gasteiger partial charge in [-0.3, -0.25) is 0 Å². The summed E-state index contributed by atoms with van der Waals surface area (Å²) in [5.74, 6) is 1.04. The van der Waals surface area contributed by atoms with Crippen LogP contribution in [0.5, 0.6) is 5.75 Å². The van der Waals surface area contributed by atoms with Crippen LogP contribution in [0.1, 0.15) is 37.8 Å². The topological polar surface area (TPSA) is 21.3 Å². The third kappa shape index (κ3) is 2.45. The number of fused-ring (bicyclic) bond motifs is 1. The van der Waals surface area contributed by atoms with Crippen molar-refractivity contribution in [3.05, 3.63) is 42.0 Å². The number of rotatable bonds is 3. The van der Waals surface area contributed by atoms with Gasteiger partial charge in [-0.2, -0.15) is 0 Å². The van der Waals surface area contributed by atoms with Crippen LogP contribution in [0.25, 0.3) is 10.8 Å². The van der Waals surface area contributed by atoms with E-state index in [0.29, 0.717) is 6.04 Å². The molecule has 2 aromatic carbocycles. The lowest BCUT2D eigenvalue weighted by atomic mass is 9.92. The minimum absolute atomic E-state index is 0.432. The molecule has 19 heavy (non-hydrogen) atoms. The molecular weight excluding hydrogens is 234 g/mol. The molecule has 100 valence electrons. The highest BCUT2D eigenvalue weighted by atomic mass is 16.5. The van der Waals surface area contributed by atoms with E-state index in [1.54, 1.807) is 0 Å². The first kappa shape index (κ1) is 12.5. The van der Waals surface area contributed by atoms with E-state index in [1.165, 1.54) is 35.6 Å². The maximum absolute atomic E-state index is 5.86. The Kier molecular flexibility index (Phi) is 3.69. The number of benzene rings is 2. The average molecular weight is 255 g/mol. The smallest absolute Gasteiger partial charge is 0.124 e. The Hall–Kier alpha value is -1.54. The Labute approximate surface area is 114 Å². The minimum Gasteiger partial charge on any atom is -0.494 e. The molecule has 3 rings (SSSR count). The largest absolute Gasteiger partial charge is 0.494 e. The van der Waals surface area contributed by atoms with Crippen LogP contribution in [0, 0.1) is 0 Å². The van der Waals surface area contributed by atoms with Crippen LogP contribution in [0.4, 0.5) is 0 Å². The molecule has 0 saturated carbocycles. The van der Waals surface area contributed by atoms with Crippen molar-refractivity contribution in [3.8, 4) is 5.75 Å². The van der Waals surface area contributed by atoms with E-state index in [4.69, 9.17) is 4.74 Å². The van der Waals surface area contributed by atoms with Crippen molar-refractivity contribution in [2.45, 2.75) is 32.2 Å². The molecule has 1 fully saturated rings. The van der Waals surface area contributed by atoms with Gasteiger partial charge in [-0.1, -0.05) is 36.8 Å². The monoisotopic (exact) mass is 255 g/mol. The molecule has 2 nitrogen and oxygen atoms in total. The molecule has 0 unspecified atom stereocenters. The number of ether oxygens (including phenoxy) is 1. The lowest BCUT2D eigenvalue weighted by Crippen LogP contribution is -2.27. The van der Waals surface area contributed by atoms with Crippen LogP contribution in [-0.2, 0) is 0 Å². The van der Waals surface area contributed by atoms with Gasteiger partial charge in [0, 0.05) is 11.6 Å². The third-order valence-corrected chi connectivity index (χ3v) is 3.89. The molecule has 2 aromatic rings. The van der Waals surface area contributed by atoms with Gasteiger partial charge in [0.15, 0.2) is 0 Å². The second-order valence-corrected chi connectivity index (χ2v) is 5.13. The first-order valence-electron chi connectivity index (χ1n) is 7.28. The first-order valence-corrected chi connectivity index (χ1v) is 7.28. The summed E-state index contributed by atoms with van der Waals surface area (Å²) in [4.78, 5) is 0. The van der Waals surface area contributed by atoms with Crippen LogP contribution < -0.4 is 10.1 Å². The highest BCUT2D eigenvalue weighted by molar-refractivity contribution is 5.88. The minimum atomic E-state index is 0.432. The molecule has 0 aromatic heterocycles. The van der Waals surface area contributed by atoms with Gasteiger partial charge in [0.25, 0.3) is 0 Å². The average Bonchev–Trinajstić information content (AvgIpc) is 2.48. The van der Waals surface area contributed by atoms with E-state index in [2.05, 4.69) is 41.7 Å². The molecule has 1 heterocycles. The molecule has 1 atom stereocenters. The summed E-state index contributed by atoms with van der Waals surface area (Å²) >= 11 is 0. The molecule has 1 saturated heterocycles. The predicted molar refractivity (Wildman–Crippen MR) is 79.7 cm³/mol. The van der Waals surface area contributed by atoms with Gasteiger partial charge >= 0.3 is 0 Å². The predicted octanol–water partition coefficient (Wildman–Crippen LogP) is 4.05. The summed E-state index contributed by atoms with van der Waals surface area (Å²) < 4.78 is 5.86. The summed E-state index contributed by atoms with van der Waals surface area (Å²) in [7, 11) is 0. The lowest BCUT2D eigenvalue weighted by molar-refractivity contribution is 0.325. The molecule has 0 bridgehead atoms. The zero-order valence-electron chi connectivity index (χ0n) is 11.5. The molecule has 0 radical (unpaired) electrons. The number of hydrogen-bond acceptors (Lipinski definition) is 2. The van der Waals surface area contributed by atoms with Crippen molar-refractivity contribution in [2.24, 2.45) is 0 Å². The van der Waals surface area contributed by atoms with E-state index >= 15 is 0 Å². The number of nitrogens with one attached hydrogen (secondary N) is 1. The normalized spacial score (nSPS) is 19.5. The van der Waals surface area contributed by atoms with Crippen LogP contribution in [0.3, 0.4) is 0 Å². The fraction of sp³-hybridized carbons (Fsp3) is 0.412. The van der Waals surface area contributed by atoms with Crippen LogP contribution in [0.15, 0.2) is 36.4 Å². The maximum Gasteiger partial charge on any atom is 0.124 e. The van der Waals surface area contributed by atoms with E-state index in [1.807, 2.05) is 6.92 Å². The zero-order valence-corrected chi connectivity index (χ0v) is 11.5. The summed E-state index contributed by atoms with van der Waals surface area (Å²) in [5, 5.41) is 6.27. The fourth-order valence-electron chi connectivity index (χ4n) is 3.01. The first-order chi connectivity index (χ1) is 9.40. The van der Waals surface area contributed by atoms with Crippen molar-refractivity contribution in [1.82, 2.24) is 5.32 Å². The molecular formula is C17H21NO. The maximum atomic E-state index is 5.86. The van der Waals surface area contributed by atoms with Gasteiger partial charge in [0.1, 0.15) is 5.75 Å². The Morgan fingerprint density at radius 1 is 1.16 bits per heavy atom. The highest BCUT2D eigenvalue weighted by Gasteiger charge is 2.21. The van der Waals surface area contributed by atoms with Crippen molar-refractivity contribution in [3.63, 3.8) is 0 Å². The van der Waals surface area contributed by atoms with Crippen molar-refractivity contribution in [2.75, 3.05) is 13.2 Å². The van der Waals surface area contributed by atoms with Crippen molar-refractivity contribution < 1.29 is 4.74 Å². The van der Waals surface area contributed by atoms with Crippen molar-refractivity contribution >= 4 is 10.8 Å². The lowest BCUT2D eigenvalue weighted by Gasteiger charge is -2.27. The molecule has 1 N–H and O–H groups in total. The van der Waals surface area contributed by atoms with Crippen LogP contribution >= 0.6 is 0 Å². The quantitative estimate of drug-likeness (QED) is 0.893. The molecule has 0 aliphatic carbocycles. The van der Waals surface area contributed by atoms with Gasteiger partial charge in [0.05, 0.1) is 6.61 Å². The molecule has 2 heteroatoms. The summed E-state index contributed by atoms with van der Waals surface area (Å²) in [6, 6.07) is 13.3. The summed E-state index contributed by atoms with van der Waals surface area (Å²) in [5.41, 5.74) is 1.35. The Balaban J connectivity index is 2.13. The summed E-state index contributed by atoms with van der Waals surface area (Å²) in [6.45, 7) is 3.88. The van der Waals surface area contributed by atoms with Gasteiger partial charge in [-0.15, -0.1) is 0 Å². The standard InChI is InChI=1S/C17H21NO/c1-2-19-16-11-10-13-7-3-4-8-14(13)17(16)15-9-5-6-12-18-15/h3-4,7-8,10-11,15,18H,2,5-6,9,12H2,1H3/t15-/m0/s1. The van der Waals surface area contributed by atoms with E-state index < -0.39 is 0 Å². The van der Waals surface area contributed by atoms with E-state index in [-0.39, 0.29) is 0 Å². The third-order valence-electron chi connectivity index (χ3n) is 3.89. The second kappa shape index (κ2) is 5.62. The van der Waals surface area contributed by atoms with E-state index in [0.717, 1.165) is 18.9 Å². The molecule has 0 amide bonds. The van der Waals surface area contributed by atoms with Crippen molar-refractivity contribution in [1.29, 1.82) is 0 Å². The fourth-order valence-corrected chi connectivity index (χ4v) is 3.01. The van der Waals surface area contributed by atoms with Crippen LogP contribution in [-0.4, -0.2) is 13.2 Å². The van der Waals surface area contributed by atoms with Gasteiger partial charge in [0.2, 0.25) is 0 Å².